The van der Waals surface area contributed by atoms with Gasteiger partial charge in [0.2, 0.25) is 0 Å². The van der Waals surface area contributed by atoms with Gasteiger partial charge in [-0.25, -0.2) is 14.4 Å². The van der Waals surface area contributed by atoms with E-state index < -0.39 is 0 Å². The molecule has 0 saturated carbocycles. The Labute approximate surface area is 119 Å². The normalized spacial score (nSPS) is 10.9. The summed E-state index contributed by atoms with van der Waals surface area (Å²) < 4.78 is 13.0. The average Bonchev–Trinajstić information content (AvgIpc) is 2.90. The highest BCUT2D eigenvalue weighted by Gasteiger charge is 2.12. The summed E-state index contributed by atoms with van der Waals surface area (Å²) in [5.74, 6) is 0.520. The molecule has 0 radical (unpaired) electrons. The summed E-state index contributed by atoms with van der Waals surface area (Å²) in [5.41, 5.74) is 7.47. The second kappa shape index (κ2) is 5.52. The van der Waals surface area contributed by atoms with E-state index in [0.717, 1.165) is 27.2 Å². The van der Waals surface area contributed by atoms with Gasteiger partial charge >= 0.3 is 0 Å². The number of aromatic nitrogens is 2. The van der Waals surface area contributed by atoms with Crippen LogP contribution in [0.25, 0.3) is 21.3 Å². The van der Waals surface area contributed by atoms with Crippen LogP contribution < -0.4 is 11.1 Å². The second-order valence-electron chi connectivity index (χ2n) is 4.27. The third kappa shape index (κ3) is 2.35. The highest BCUT2D eigenvalue weighted by Crippen LogP contribution is 2.36. The maximum Gasteiger partial charge on any atom is 0.138 e. The molecule has 0 bridgehead atoms. The Hall–Kier alpha value is -2.05. The van der Waals surface area contributed by atoms with Crippen molar-refractivity contribution in [2.75, 3.05) is 18.4 Å². The van der Waals surface area contributed by atoms with Gasteiger partial charge in [-0.2, -0.15) is 0 Å². The third-order valence-electron chi connectivity index (χ3n) is 2.96. The molecule has 0 spiro atoms. The lowest BCUT2D eigenvalue weighted by Crippen LogP contribution is -2.14. The molecule has 0 aliphatic heterocycles. The SMILES string of the molecule is NCCNc1ncnc2scc(-c3ccc(F)cc3)c12. The van der Waals surface area contributed by atoms with Crippen LogP contribution in [0.4, 0.5) is 10.2 Å². The standard InChI is InChI=1S/C14H13FN4S/c15-10-3-1-9(2-4-10)11-7-20-14-12(11)13(17-6-5-16)18-8-19-14/h1-4,7-8H,5-6,16H2,(H,17,18,19). The summed E-state index contributed by atoms with van der Waals surface area (Å²) in [4.78, 5) is 9.45. The van der Waals surface area contributed by atoms with E-state index >= 15 is 0 Å². The molecule has 3 rings (SSSR count). The molecule has 3 N–H and O–H groups in total. The molecule has 0 atom stereocenters. The molecule has 20 heavy (non-hydrogen) atoms. The van der Waals surface area contributed by atoms with Crippen LogP contribution >= 0.6 is 11.3 Å². The zero-order valence-corrected chi connectivity index (χ0v) is 11.5. The first kappa shape index (κ1) is 13.0. The van der Waals surface area contributed by atoms with Gasteiger partial charge in [0.15, 0.2) is 0 Å². The van der Waals surface area contributed by atoms with Crippen molar-refractivity contribution in [2.24, 2.45) is 5.73 Å². The number of hydrogen-bond donors (Lipinski definition) is 2. The topological polar surface area (TPSA) is 63.8 Å². The molecule has 0 saturated heterocycles. The van der Waals surface area contributed by atoms with E-state index in [0.29, 0.717) is 13.1 Å². The Morgan fingerprint density at radius 2 is 2.00 bits per heavy atom. The van der Waals surface area contributed by atoms with Crippen molar-refractivity contribution >= 4 is 27.4 Å². The number of benzene rings is 1. The van der Waals surface area contributed by atoms with E-state index in [-0.39, 0.29) is 5.82 Å². The second-order valence-corrected chi connectivity index (χ2v) is 5.13. The van der Waals surface area contributed by atoms with Crippen LogP contribution in [-0.4, -0.2) is 23.1 Å². The fourth-order valence-electron chi connectivity index (χ4n) is 2.04. The van der Waals surface area contributed by atoms with E-state index in [1.807, 2.05) is 5.38 Å². The first-order valence-corrected chi connectivity index (χ1v) is 7.09. The van der Waals surface area contributed by atoms with E-state index in [9.17, 15) is 4.39 Å². The number of thiophene rings is 1. The average molecular weight is 288 g/mol. The van der Waals surface area contributed by atoms with Crippen LogP contribution in [-0.2, 0) is 0 Å². The molecule has 2 aromatic heterocycles. The predicted octanol–water partition coefficient (Wildman–Crippen LogP) is 2.87. The van der Waals surface area contributed by atoms with E-state index in [1.165, 1.54) is 18.5 Å². The number of anilines is 1. The Morgan fingerprint density at radius 3 is 2.75 bits per heavy atom. The van der Waals surface area contributed by atoms with Crippen LogP contribution in [0.3, 0.4) is 0 Å². The van der Waals surface area contributed by atoms with Crippen LogP contribution in [0.5, 0.6) is 0 Å². The fourth-order valence-corrected chi connectivity index (χ4v) is 2.96. The zero-order valence-electron chi connectivity index (χ0n) is 10.6. The molecule has 0 unspecified atom stereocenters. The first-order chi connectivity index (χ1) is 9.79. The third-order valence-corrected chi connectivity index (χ3v) is 3.85. The molecule has 1 aromatic carbocycles. The summed E-state index contributed by atoms with van der Waals surface area (Å²) in [6.07, 6.45) is 1.53. The summed E-state index contributed by atoms with van der Waals surface area (Å²) in [5, 5.41) is 6.17. The van der Waals surface area contributed by atoms with Gasteiger partial charge in [-0.1, -0.05) is 12.1 Å². The van der Waals surface area contributed by atoms with Crippen LogP contribution in [0.2, 0.25) is 0 Å². The lowest BCUT2D eigenvalue weighted by Gasteiger charge is -2.07. The van der Waals surface area contributed by atoms with Gasteiger partial charge < -0.3 is 11.1 Å². The van der Waals surface area contributed by atoms with Gasteiger partial charge in [0, 0.05) is 24.0 Å². The maximum atomic E-state index is 13.0. The van der Waals surface area contributed by atoms with Crippen molar-refractivity contribution in [1.82, 2.24) is 9.97 Å². The minimum Gasteiger partial charge on any atom is -0.368 e. The van der Waals surface area contributed by atoms with Crippen molar-refractivity contribution in [2.45, 2.75) is 0 Å². The Kier molecular flexibility index (Phi) is 3.58. The molecule has 0 amide bonds. The molecule has 0 aliphatic carbocycles. The minimum absolute atomic E-state index is 0.244. The number of halogens is 1. The number of nitrogens with one attached hydrogen (secondary N) is 1. The zero-order chi connectivity index (χ0) is 13.9. The minimum atomic E-state index is -0.244. The maximum absolute atomic E-state index is 13.0. The molecular weight excluding hydrogens is 275 g/mol. The monoisotopic (exact) mass is 288 g/mol. The van der Waals surface area contributed by atoms with Gasteiger partial charge in [-0.05, 0) is 17.7 Å². The van der Waals surface area contributed by atoms with Crippen molar-refractivity contribution in [1.29, 1.82) is 0 Å². The van der Waals surface area contributed by atoms with Gasteiger partial charge in [0.05, 0.1) is 5.39 Å². The molecule has 6 heteroatoms. The van der Waals surface area contributed by atoms with Crippen molar-refractivity contribution < 1.29 is 4.39 Å². The van der Waals surface area contributed by atoms with Gasteiger partial charge in [-0.3, -0.25) is 0 Å². The number of rotatable bonds is 4. The molecule has 4 nitrogen and oxygen atoms in total. The number of hydrogen-bond acceptors (Lipinski definition) is 5. The van der Waals surface area contributed by atoms with Crippen molar-refractivity contribution in [3.05, 3.63) is 41.8 Å². The van der Waals surface area contributed by atoms with Crippen LogP contribution in [0, 0.1) is 5.82 Å². The largest absolute Gasteiger partial charge is 0.368 e. The molecule has 3 aromatic rings. The molecule has 0 aliphatic rings. The van der Waals surface area contributed by atoms with Gasteiger partial charge in [-0.15, -0.1) is 11.3 Å². The van der Waals surface area contributed by atoms with Crippen LogP contribution in [0.1, 0.15) is 0 Å². The molecule has 0 fully saturated rings. The van der Waals surface area contributed by atoms with Crippen molar-refractivity contribution in [3.63, 3.8) is 0 Å². The van der Waals surface area contributed by atoms with Crippen LogP contribution in [0.15, 0.2) is 36.0 Å². The lowest BCUT2D eigenvalue weighted by molar-refractivity contribution is 0.628. The van der Waals surface area contributed by atoms with Gasteiger partial charge in [0.25, 0.3) is 0 Å². The molecule has 2 heterocycles. The summed E-state index contributed by atoms with van der Waals surface area (Å²) >= 11 is 1.54. The molecule has 102 valence electrons. The predicted molar refractivity (Wildman–Crippen MR) is 80.4 cm³/mol. The quantitative estimate of drug-likeness (QED) is 0.775. The number of nitrogens with zero attached hydrogens (tertiary/aromatic N) is 2. The number of fused-ring (bicyclic) bond motifs is 1. The summed E-state index contributed by atoms with van der Waals surface area (Å²) in [6, 6.07) is 6.43. The lowest BCUT2D eigenvalue weighted by atomic mass is 10.1. The summed E-state index contributed by atoms with van der Waals surface area (Å²) in [6.45, 7) is 1.17. The Balaban J connectivity index is 2.13. The Morgan fingerprint density at radius 1 is 1.20 bits per heavy atom. The molecular formula is C14H13FN4S. The van der Waals surface area contributed by atoms with Gasteiger partial charge in [0.1, 0.15) is 22.8 Å². The van der Waals surface area contributed by atoms with E-state index in [4.69, 9.17) is 5.73 Å². The first-order valence-electron chi connectivity index (χ1n) is 6.21. The van der Waals surface area contributed by atoms with E-state index in [2.05, 4.69) is 15.3 Å². The highest BCUT2D eigenvalue weighted by molar-refractivity contribution is 7.17. The fraction of sp³-hybridized carbons (Fsp3) is 0.143. The van der Waals surface area contributed by atoms with E-state index in [1.54, 1.807) is 23.5 Å². The smallest absolute Gasteiger partial charge is 0.138 e. The Bertz CT molecular complexity index is 724. The van der Waals surface area contributed by atoms with Crippen molar-refractivity contribution in [3.8, 4) is 11.1 Å². The number of nitrogens with two attached hydrogens (primary N) is 1. The highest BCUT2D eigenvalue weighted by atomic mass is 32.1. The summed E-state index contributed by atoms with van der Waals surface area (Å²) in [7, 11) is 0.